The van der Waals surface area contributed by atoms with Crippen molar-refractivity contribution < 1.29 is 36.2 Å². The van der Waals surface area contributed by atoms with Crippen molar-refractivity contribution in [2.75, 3.05) is 6.86 Å². The predicted molar refractivity (Wildman–Crippen MR) is 99.1 cm³/mol. The third-order valence-electron chi connectivity index (χ3n) is 4.66. The highest BCUT2D eigenvalue weighted by Gasteiger charge is 2.50. The maximum Gasteiger partial charge on any atom is 0.425 e. The minimum absolute atomic E-state index is 0.0437. The number of Topliss-reactive ketones (excluding diaryl/α,β-unsaturated/α-hetero) is 1. The molecular formula is C20H18F5N3O3. The van der Waals surface area contributed by atoms with E-state index in [1.165, 1.54) is 38.2 Å². The number of aromatic nitrogens is 2. The number of ketones is 1. The molecule has 0 aliphatic carbocycles. The zero-order valence-electron chi connectivity index (χ0n) is 16.5. The lowest BCUT2D eigenvalue weighted by Crippen LogP contribution is -2.43. The quantitative estimate of drug-likeness (QED) is 0.491. The van der Waals surface area contributed by atoms with Crippen LogP contribution in [-0.4, -0.2) is 40.8 Å². The number of ether oxygens (including phenoxy) is 2. The van der Waals surface area contributed by atoms with Gasteiger partial charge in [0.25, 0.3) is 0 Å². The lowest BCUT2D eigenvalue weighted by Gasteiger charge is -2.35. The van der Waals surface area contributed by atoms with E-state index >= 15 is 0 Å². The van der Waals surface area contributed by atoms with Gasteiger partial charge < -0.3 is 9.47 Å². The molecule has 0 saturated heterocycles. The number of nitrogens with zero attached hydrogens (tertiary/aromatic N) is 3. The fourth-order valence-corrected chi connectivity index (χ4v) is 3.27. The molecule has 2 aromatic rings. The first-order valence-corrected chi connectivity index (χ1v) is 9.15. The molecule has 0 fully saturated rings. The van der Waals surface area contributed by atoms with E-state index in [4.69, 9.17) is 4.74 Å². The monoisotopic (exact) mass is 443 g/mol. The van der Waals surface area contributed by atoms with Crippen LogP contribution in [0.5, 0.6) is 5.75 Å². The van der Waals surface area contributed by atoms with Crippen LogP contribution in [0.25, 0.3) is 0 Å². The van der Waals surface area contributed by atoms with E-state index in [9.17, 15) is 26.7 Å². The molecule has 0 bridgehead atoms. The van der Waals surface area contributed by atoms with Gasteiger partial charge >= 0.3 is 6.18 Å². The molecular weight excluding hydrogens is 425 g/mol. The third kappa shape index (κ3) is 5.15. The molecule has 0 amide bonds. The van der Waals surface area contributed by atoms with Gasteiger partial charge in [0.15, 0.2) is 17.8 Å². The summed E-state index contributed by atoms with van der Waals surface area (Å²) in [6, 6.07) is 4.99. The number of rotatable bonds is 6. The second-order valence-corrected chi connectivity index (χ2v) is 7.12. The molecule has 0 aromatic carbocycles. The Hall–Kier alpha value is -3.11. The number of hydrogen-bond donors (Lipinski definition) is 0. The molecule has 1 aliphatic heterocycles. The second-order valence-electron chi connectivity index (χ2n) is 7.12. The summed E-state index contributed by atoms with van der Waals surface area (Å²) in [6.45, 7) is 1.54. The van der Waals surface area contributed by atoms with Gasteiger partial charge in [-0.05, 0) is 31.2 Å². The molecule has 0 N–H and O–H groups in total. The maximum absolute atomic E-state index is 14.5. The first-order chi connectivity index (χ1) is 14.5. The summed E-state index contributed by atoms with van der Waals surface area (Å²) < 4.78 is 75.7. The molecule has 31 heavy (non-hydrogen) atoms. The molecule has 6 nitrogen and oxygen atoms in total. The van der Waals surface area contributed by atoms with Crippen LogP contribution in [0.2, 0.25) is 0 Å². The van der Waals surface area contributed by atoms with Crippen molar-refractivity contribution in [1.29, 1.82) is 0 Å². The van der Waals surface area contributed by atoms with Crippen LogP contribution in [0, 0.1) is 5.82 Å². The van der Waals surface area contributed by atoms with Crippen LogP contribution in [0.1, 0.15) is 42.1 Å². The summed E-state index contributed by atoms with van der Waals surface area (Å²) in [7, 11) is 0. The molecule has 11 heteroatoms. The van der Waals surface area contributed by atoms with Crippen LogP contribution < -0.4 is 4.74 Å². The highest BCUT2D eigenvalue weighted by atomic mass is 19.4. The molecule has 1 aliphatic rings. The average molecular weight is 443 g/mol. The Bertz CT molecular complexity index is 995. The Morgan fingerprint density at radius 2 is 2.03 bits per heavy atom. The van der Waals surface area contributed by atoms with Gasteiger partial charge in [0, 0.05) is 19.0 Å². The lowest BCUT2D eigenvalue weighted by molar-refractivity contribution is -0.208. The number of alkyl halides is 4. The molecule has 0 unspecified atom stereocenters. The maximum atomic E-state index is 14.5. The van der Waals surface area contributed by atoms with Gasteiger partial charge in [0.2, 0.25) is 6.86 Å². The predicted octanol–water partition coefficient (Wildman–Crippen LogP) is 4.33. The Morgan fingerprint density at radius 1 is 1.29 bits per heavy atom. The van der Waals surface area contributed by atoms with Crippen molar-refractivity contribution in [3.8, 4) is 5.75 Å². The Morgan fingerprint density at radius 3 is 2.65 bits per heavy atom. The highest BCUT2D eigenvalue weighted by molar-refractivity contribution is 5.95. The zero-order chi connectivity index (χ0) is 22.8. The van der Waals surface area contributed by atoms with Crippen molar-refractivity contribution in [3.63, 3.8) is 0 Å². The number of hydrogen-bond acceptors (Lipinski definition) is 6. The van der Waals surface area contributed by atoms with Crippen LogP contribution in [0.15, 0.2) is 35.5 Å². The van der Waals surface area contributed by atoms with Gasteiger partial charge in [-0.15, -0.1) is 0 Å². The molecule has 3 rings (SSSR count). The molecule has 0 saturated carbocycles. The zero-order valence-corrected chi connectivity index (χ0v) is 16.5. The fraction of sp³-hybridized carbons (Fsp3) is 0.400. The molecule has 0 radical (unpaired) electrons. The average Bonchev–Trinajstić information content (AvgIpc) is 2.69. The van der Waals surface area contributed by atoms with Gasteiger partial charge in [-0.25, -0.2) is 18.8 Å². The van der Waals surface area contributed by atoms with E-state index in [0.717, 1.165) is 6.07 Å². The molecule has 0 spiro atoms. The Labute approximate surface area is 174 Å². The van der Waals surface area contributed by atoms with Gasteiger partial charge in [0.1, 0.15) is 28.5 Å². The highest BCUT2D eigenvalue weighted by Crippen LogP contribution is 2.40. The van der Waals surface area contributed by atoms with Crippen LogP contribution in [0.4, 0.5) is 22.0 Å². The molecule has 2 atom stereocenters. The number of carbonyl (C=O) groups is 1. The van der Waals surface area contributed by atoms with Crippen molar-refractivity contribution in [3.05, 3.63) is 53.4 Å². The van der Waals surface area contributed by atoms with Gasteiger partial charge in [-0.3, -0.25) is 9.78 Å². The largest absolute Gasteiger partial charge is 0.468 e. The third-order valence-corrected chi connectivity index (χ3v) is 4.66. The number of aliphatic imine (C=N–C) groups is 1. The number of pyridine rings is 2. The van der Waals surface area contributed by atoms with Crippen LogP contribution >= 0.6 is 0 Å². The summed E-state index contributed by atoms with van der Waals surface area (Å²) in [5.41, 5.74) is -1.76. The molecule has 2 aromatic heterocycles. The minimum atomic E-state index is -4.66. The van der Waals surface area contributed by atoms with E-state index in [1.807, 2.05) is 0 Å². The van der Waals surface area contributed by atoms with Crippen LogP contribution in [0.3, 0.4) is 0 Å². The van der Waals surface area contributed by atoms with Gasteiger partial charge in [-0.1, -0.05) is 0 Å². The topological polar surface area (TPSA) is 73.7 Å². The number of carbonyl (C=O) groups excluding carboxylic acids is 1. The van der Waals surface area contributed by atoms with E-state index in [-0.39, 0.29) is 35.1 Å². The van der Waals surface area contributed by atoms with E-state index in [2.05, 4.69) is 19.7 Å². The van der Waals surface area contributed by atoms with Crippen LogP contribution in [-0.2, 0) is 16.7 Å². The fourth-order valence-electron chi connectivity index (χ4n) is 3.27. The van der Waals surface area contributed by atoms with E-state index in [1.54, 1.807) is 0 Å². The standard InChI is InChI=1S/C20H18F5N3O3/c1-11-28-19(2,8-17(31-11)20(23,24)25)18-14(22)5-3-12(27-18)7-16(29)15-6-4-13(9-26-15)30-10-21/h3-6,9,17H,7-8,10H2,1-2H3/t17-,19-/m0/s1. The Balaban J connectivity index is 1.86. The van der Waals surface area contributed by atoms with Gasteiger partial charge in [-0.2, -0.15) is 13.2 Å². The summed E-state index contributed by atoms with van der Waals surface area (Å²) >= 11 is 0. The smallest absolute Gasteiger partial charge is 0.425 e. The van der Waals surface area contributed by atoms with Gasteiger partial charge in [0.05, 0.1) is 12.6 Å². The molecule has 3 heterocycles. The Kier molecular flexibility index (Phi) is 6.23. The summed E-state index contributed by atoms with van der Waals surface area (Å²) in [4.78, 5) is 24.5. The second kappa shape index (κ2) is 8.56. The minimum Gasteiger partial charge on any atom is -0.468 e. The normalized spacial score (nSPS) is 21.3. The SMILES string of the molecule is CC1=N[C@](C)(c2nc(CC(=O)c3ccc(OCF)cn3)ccc2F)C[C@@H](C(F)(F)F)O1. The number of halogens is 5. The van der Waals surface area contributed by atoms with Crippen molar-refractivity contribution in [2.45, 2.75) is 44.5 Å². The summed E-state index contributed by atoms with van der Waals surface area (Å²) in [6.07, 6.45) is -6.58. The lowest BCUT2D eigenvalue weighted by atomic mass is 9.88. The van der Waals surface area contributed by atoms with Crippen molar-refractivity contribution >= 4 is 11.7 Å². The summed E-state index contributed by atoms with van der Waals surface area (Å²) in [5.74, 6) is -1.41. The van der Waals surface area contributed by atoms with E-state index in [0.29, 0.717) is 0 Å². The molecule has 166 valence electrons. The first-order valence-electron chi connectivity index (χ1n) is 9.15. The summed E-state index contributed by atoms with van der Waals surface area (Å²) in [5, 5.41) is 0. The first kappa shape index (κ1) is 22.6. The van der Waals surface area contributed by atoms with Crippen molar-refractivity contribution in [1.82, 2.24) is 9.97 Å². The van der Waals surface area contributed by atoms with Crippen molar-refractivity contribution in [2.24, 2.45) is 4.99 Å². The van der Waals surface area contributed by atoms with E-state index < -0.39 is 42.7 Å².